The van der Waals surface area contributed by atoms with Crippen LogP contribution in [0.4, 0.5) is 8.78 Å². The van der Waals surface area contributed by atoms with E-state index in [-0.39, 0.29) is 10.6 Å². The number of hydrogen-bond acceptors (Lipinski definition) is 2. The fourth-order valence-corrected chi connectivity index (χ4v) is 2.52. The molecule has 2 aromatic rings. The van der Waals surface area contributed by atoms with Gasteiger partial charge in [-0.3, -0.25) is 4.68 Å². The lowest BCUT2D eigenvalue weighted by Gasteiger charge is -2.25. The molecule has 1 atom stereocenters. The van der Waals surface area contributed by atoms with Crippen molar-refractivity contribution in [2.45, 2.75) is 32.4 Å². The zero-order valence-corrected chi connectivity index (χ0v) is 12.0. The second-order valence-electron chi connectivity index (χ2n) is 4.79. The van der Waals surface area contributed by atoms with Gasteiger partial charge in [0.2, 0.25) is 0 Å². The average molecular weight is 301 g/mol. The molecule has 3 nitrogen and oxygen atoms in total. The molecule has 0 fully saturated rings. The first-order valence-electron chi connectivity index (χ1n) is 6.27. The molecule has 0 saturated carbocycles. The van der Waals surface area contributed by atoms with Crippen molar-refractivity contribution >= 4 is 11.6 Å². The Morgan fingerprint density at radius 2 is 1.90 bits per heavy atom. The van der Waals surface area contributed by atoms with E-state index in [0.29, 0.717) is 12.2 Å². The number of benzene rings is 1. The van der Waals surface area contributed by atoms with Crippen LogP contribution in [0.25, 0.3) is 0 Å². The predicted octanol–water partition coefficient (Wildman–Crippen LogP) is 3.48. The Bertz CT molecular complexity index is 605. The Morgan fingerprint density at radius 3 is 2.45 bits per heavy atom. The molecule has 2 rings (SSSR count). The van der Waals surface area contributed by atoms with Crippen LogP contribution in [-0.2, 0) is 12.1 Å². The van der Waals surface area contributed by atoms with E-state index in [2.05, 4.69) is 5.10 Å². The second kappa shape index (κ2) is 5.50. The smallest absolute Gasteiger partial charge is 0.130 e. The summed E-state index contributed by atoms with van der Waals surface area (Å²) in [5, 5.41) is 15.0. The largest absolute Gasteiger partial charge is 0.379 e. The van der Waals surface area contributed by atoms with E-state index in [1.807, 2.05) is 6.92 Å². The third-order valence-electron chi connectivity index (χ3n) is 3.12. The number of nitrogens with zero attached hydrogens (tertiary/aromatic N) is 2. The Hall–Kier alpha value is -1.46. The number of hydrogen-bond donors (Lipinski definition) is 1. The molecule has 0 aliphatic heterocycles. The molecule has 0 saturated heterocycles. The lowest BCUT2D eigenvalue weighted by atomic mass is 9.92. The maximum absolute atomic E-state index is 13.3. The van der Waals surface area contributed by atoms with Crippen molar-refractivity contribution in [1.29, 1.82) is 0 Å². The van der Waals surface area contributed by atoms with Gasteiger partial charge in [-0.05, 0) is 31.0 Å². The molecule has 0 amide bonds. The van der Waals surface area contributed by atoms with Gasteiger partial charge in [-0.25, -0.2) is 8.78 Å². The topological polar surface area (TPSA) is 38.0 Å². The van der Waals surface area contributed by atoms with Gasteiger partial charge in [0.25, 0.3) is 0 Å². The van der Waals surface area contributed by atoms with Crippen molar-refractivity contribution in [3.8, 4) is 0 Å². The van der Waals surface area contributed by atoms with Crippen molar-refractivity contribution in [2.75, 3.05) is 0 Å². The summed E-state index contributed by atoms with van der Waals surface area (Å²) < 4.78 is 28.2. The van der Waals surface area contributed by atoms with Gasteiger partial charge in [0.1, 0.15) is 17.2 Å². The van der Waals surface area contributed by atoms with E-state index in [0.717, 1.165) is 24.6 Å². The zero-order chi connectivity index (χ0) is 14.9. The molecule has 1 N–H and O–H groups in total. The second-order valence-corrected chi connectivity index (χ2v) is 5.20. The van der Waals surface area contributed by atoms with Gasteiger partial charge in [-0.1, -0.05) is 18.5 Å². The Labute approximate surface area is 120 Å². The van der Waals surface area contributed by atoms with E-state index in [4.69, 9.17) is 11.6 Å². The van der Waals surface area contributed by atoms with E-state index >= 15 is 0 Å². The highest BCUT2D eigenvalue weighted by Gasteiger charge is 2.33. The van der Waals surface area contributed by atoms with Crippen LogP contribution in [-0.4, -0.2) is 14.9 Å². The highest BCUT2D eigenvalue weighted by Crippen LogP contribution is 2.34. The van der Waals surface area contributed by atoms with Gasteiger partial charge in [0.15, 0.2) is 0 Å². The maximum Gasteiger partial charge on any atom is 0.130 e. The summed E-state index contributed by atoms with van der Waals surface area (Å²) in [7, 11) is 0. The minimum atomic E-state index is -1.63. The van der Waals surface area contributed by atoms with Gasteiger partial charge >= 0.3 is 0 Å². The van der Waals surface area contributed by atoms with Crippen LogP contribution in [0.2, 0.25) is 5.02 Å². The molecule has 1 heterocycles. The third kappa shape index (κ3) is 2.69. The highest BCUT2D eigenvalue weighted by molar-refractivity contribution is 6.31. The Kier molecular flexibility index (Phi) is 4.11. The fourth-order valence-electron chi connectivity index (χ4n) is 2.20. The monoisotopic (exact) mass is 300 g/mol. The minimum Gasteiger partial charge on any atom is -0.379 e. The number of halogens is 3. The molecule has 0 bridgehead atoms. The standard InChI is InChI=1S/C14H15ClF2N2O/c1-3-4-19-13(12(15)8-18-19)14(2,20)9-5-10(16)7-11(17)6-9/h5-8,20H,3-4H2,1-2H3. The molecule has 108 valence electrons. The summed E-state index contributed by atoms with van der Waals surface area (Å²) in [6, 6.07) is 2.93. The van der Waals surface area contributed by atoms with E-state index < -0.39 is 17.2 Å². The van der Waals surface area contributed by atoms with Crippen molar-refractivity contribution in [2.24, 2.45) is 0 Å². The summed E-state index contributed by atoms with van der Waals surface area (Å²) in [4.78, 5) is 0. The Morgan fingerprint density at radius 1 is 1.30 bits per heavy atom. The van der Waals surface area contributed by atoms with Crippen LogP contribution in [0.3, 0.4) is 0 Å². The van der Waals surface area contributed by atoms with Gasteiger partial charge in [-0.15, -0.1) is 0 Å². The number of aromatic nitrogens is 2. The van der Waals surface area contributed by atoms with Gasteiger partial charge in [0, 0.05) is 12.6 Å². The number of aliphatic hydroxyl groups is 1. The molecular formula is C14H15ClF2N2O. The summed E-state index contributed by atoms with van der Waals surface area (Å²) in [5.41, 5.74) is -1.22. The average Bonchev–Trinajstić information content (AvgIpc) is 2.70. The van der Waals surface area contributed by atoms with E-state index in [1.54, 1.807) is 4.68 Å². The van der Waals surface area contributed by atoms with Crippen LogP contribution >= 0.6 is 11.6 Å². The van der Waals surface area contributed by atoms with Crippen molar-refractivity contribution < 1.29 is 13.9 Å². The number of aryl methyl sites for hydroxylation is 1. The summed E-state index contributed by atoms with van der Waals surface area (Å²) in [5.74, 6) is -1.50. The molecule has 6 heteroatoms. The van der Waals surface area contributed by atoms with Crippen molar-refractivity contribution in [3.63, 3.8) is 0 Å². The van der Waals surface area contributed by atoms with Crippen LogP contribution in [0.15, 0.2) is 24.4 Å². The molecule has 0 radical (unpaired) electrons. The van der Waals surface area contributed by atoms with Gasteiger partial charge in [0.05, 0.1) is 16.9 Å². The zero-order valence-electron chi connectivity index (χ0n) is 11.2. The summed E-state index contributed by atoms with van der Waals surface area (Å²) in [6.07, 6.45) is 2.20. The van der Waals surface area contributed by atoms with Gasteiger partial charge < -0.3 is 5.11 Å². The van der Waals surface area contributed by atoms with Crippen LogP contribution in [0.5, 0.6) is 0 Å². The molecule has 1 unspecified atom stereocenters. The fraction of sp³-hybridized carbons (Fsp3) is 0.357. The first-order valence-corrected chi connectivity index (χ1v) is 6.64. The maximum atomic E-state index is 13.3. The quantitative estimate of drug-likeness (QED) is 0.939. The molecule has 0 aliphatic carbocycles. The van der Waals surface area contributed by atoms with Crippen LogP contribution in [0, 0.1) is 11.6 Å². The highest BCUT2D eigenvalue weighted by atomic mass is 35.5. The third-order valence-corrected chi connectivity index (χ3v) is 3.39. The number of rotatable bonds is 4. The van der Waals surface area contributed by atoms with Crippen LogP contribution < -0.4 is 0 Å². The molecular weight excluding hydrogens is 286 g/mol. The molecule has 20 heavy (non-hydrogen) atoms. The van der Waals surface area contributed by atoms with Gasteiger partial charge in [-0.2, -0.15) is 5.10 Å². The molecule has 0 spiro atoms. The first-order chi connectivity index (χ1) is 9.36. The molecule has 0 aliphatic rings. The Balaban J connectivity index is 2.56. The van der Waals surface area contributed by atoms with Crippen molar-refractivity contribution in [3.05, 3.63) is 52.3 Å². The molecule has 1 aromatic heterocycles. The van der Waals surface area contributed by atoms with E-state index in [9.17, 15) is 13.9 Å². The SMILES string of the molecule is CCCn1ncc(Cl)c1C(C)(O)c1cc(F)cc(F)c1. The van der Waals surface area contributed by atoms with Crippen molar-refractivity contribution in [1.82, 2.24) is 9.78 Å². The summed E-state index contributed by atoms with van der Waals surface area (Å²) in [6.45, 7) is 3.95. The van der Waals surface area contributed by atoms with E-state index in [1.165, 1.54) is 13.1 Å². The molecule has 1 aromatic carbocycles. The normalized spacial score (nSPS) is 14.3. The van der Waals surface area contributed by atoms with Crippen LogP contribution in [0.1, 0.15) is 31.5 Å². The lowest BCUT2D eigenvalue weighted by molar-refractivity contribution is 0.0907. The minimum absolute atomic E-state index is 0.0924. The predicted molar refractivity (Wildman–Crippen MR) is 72.6 cm³/mol. The summed E-state index contributed by atoms with van der Waals surface area (Å²) >= 11 is 6.06. The lowest BCUT2D eigenvalue weighted by Crippen LogP contribution is -2.28. The first kappa shape index (κ1) is 14.9.